The maximum Gasteiger partial charge on any atom is 0.257 e. The second-order valence-electron chi connectivity index (χ2n) is 4.31. The molecular weight excluding hydrogens is 270 g/mol. The van der Waals surface area contributed by atoms with E-state index in [-0.39, 0.29) is 18.9 Å². The minimum absolute atomic E-state index is 0.103. The fourth-order valence-corrected chi connectivity index (χ4v) is 1.66. The van der Waals surface area contributed by atoms with Gasteiger partial charge in [-0.15, -0.1) is 0 Å². The number of carbonyl (C=O) groups excluding carboxylic acids is 1. The van der Waals surface area contributed by atoms with Gasteiger partial charge in [-0.2, -0.15) is 5.26 Å². The van der Waals surface area contributed by atoms with Gasteiger partial charge in [0.25, 0.3) is 5.91 Å². The number of hydrogen-bond acceptors (Lipinski definition) is 5. The summed E-state index contributed by atoms with van der Waals surface area (Å²) < 4.78 is 10.7. The molecule has 6 heteroatoms. The second-order valence-corrected chi connectivity index (χ2v) is 4.31. The number of nitrogens with one attached hydrogen (secondary N) is 2. The van der Waals surface area contributed by atoms with Crippen molar-refractivity contribution in [1.82, 2.24) is 10.6 Å². The Morgan fingerprint density at radius 3 is 2.86 bits per heavy atom. The molecule has 0 spiro atoms. The standard InChI is InChI=1S/C15H21N3O3/c1-3-17-10-12-5-6-13(14(9-12)20-2)21-11-15(19)18-8-4-7-16/h5-6,9,17H,3-4,8,10-11H2,1-2H3,(H,18,19). The van der Waals surface area contributed by atoms with Crippen molar-refractivity contribution < 1.29 is 14.3 Å². The highest BCUT2D eigenvalue weighted by molar-refractivity contribution is 5.77. The quantitative estimate of drug-likeness (QED) is 0.668. The van der Waals surface area contributed by atoms with E-state index in [9.17, 15) is 4.79 Å². The third-order valence-electron chi connectivity index (χ3n) is 2.72. The lowest BCUT2D eigenvalue weighted by Crippen LogP contribution is -2.29. The zero-order valence-electron chi connectivity index (χ0n) is 12.4. The Bertz CT molecular complexity index is 497. The van der Waals surface area contributed by atoms with Crippen molar-refractivity contribution in [2.45, 2.75) is 19.9 Å². The molecule has 0 fully saturated rings. The van der Waals surface area contributed by atoms with Gasteiger partial charge in [-0.3, -0.25) is 4.79 Å². The van der Waals surface area contributed by atoms with Crippen LogP contribution in [-0.4, -0.2) is 32.7 Å². The predicted molar refractivity (Wildman–Crippen MR) is 79.1 cm³/mol. The first-order valence-corrected chi connectivity index (χ1v) is 6.85. The molecule has 0 atom stereocenters. The number of nitrogens with zero attached hydrogens (tertiary/aromatic N) is 1. The van der Waals surface area contributed by atoms with Crippen LogP contribution in [0.4, 0.5) is 0 Å². The molecule has 1 aromatic rings. The van der Waals surface area contributed by atoms with Crippen LogP contribution in [0.2, 0.25) is 0 Å². The number of nitriles is 1. The van der Waals surface area contributed by atoms with Crippen LogP contribution in [0, 0.1) is 11.3 Å². The van der Waals surface area contributed by atoms with Gasteiger partial charge in [0.1, 0.15) is 0 Å². The van der Waals surface area contributed by atoms with Crippen molar-refractivity contribution in [3.63, 3.8) is 0 Å². The van der Waals surface area contributed by atoms with Gasteiger partial charge in [-0.1, -0.05) is 13.0 Å². The number of methoxy groups -OCH3 is 1. The van der Waals surface area contributed by atoms with E-state index < -0.39 is 0 Å². The molecule has 21 heavy (non-hydrogen) atoms. The largest absolute Gasteiger partial charge is 0.493 e. The summed E-state index contributed by atoms with van der Waals surface area (Å²) in [7, 11) is 1.56. The number of amides is 1. The summed E-state index contributed by atoms with van der Waals surface area (Å²) in [5, 5.41) is 14.2. The topological polar surface area (TPSA) is 83.4 Å². The summed E-state index contributed by atoms with van der Waals surface area (Å²) in [6.07, 6.45) is 0.286. The normalized spacial score (nSPS) is 9.76. The van der Waals surface area contributed by atoms with Crippen LogP contribution in [0.3, 0.4) is 0 Å². The van der Waals surface area contributed by atoms with E-state index in [1.54, 1.807) is 13.2 Å². The molecule has 1 rings (SSSR count). The van der Waals surface area contributed by atoms with Gasteiger partial charge in [0.15, 0.2) is 18.1 Å². The Morgan fingerprint density at radius 2 is 2.19 bits per heavy atom. The van der Waals surface area contributed by atoms with Crippen molar-refractivity contribution in [1.29, 1.82) is 5.26 Å². The molecular formula is C15H21N3O3. The SMILES string of the molecule is CCNCc1ccc(OCC(=O)NCCC#N)c(OC)c1. The van der Waals surface area contributed by atoms with E-state index in [4.69, 9.17) is 14.7 Å². The van der Waals surface area contributed by atoms with Gasteiger partial charge < -0.3 is 20.1 Å². The summed E-state index contributed by atoms with van der Waals surface area (Å²) in [6.45, 7) is 3.91. The zero-order chi connectivity index (χ0) is 15.5. The first-order chi connectivity index (χ1) is 10.2. The van der Waals surface area contributed by atoms with Crippen molar-refractivity contribution in [3.05, 3.63) is 23.8 Å². The molecule has 0 aliphatic rings. The summed E-state index contributed by atoms with van der Waals surface area (Å²) in [6, 6.07) is 7.55. The minimum atomic E-state index is -0.260. The molecule has 0 unspecified atom stereocenters. The molecule has 0 saturated carbocycles. The van der Waals surface area contributed by atoms with Crippen LogP contribution in [0.25, 0.3) is 0 Å². The van der Waals surface area contributed by atoms with Crippen molar-refractivity contribution in [2.75, 3.05) is 26.8 Å². The van der Waals surface area contributed by atoms with Gasteiger partial charge in [0, 0.05) is 13.1 Å². The van der Waals surface area contributed by atoms with Crippen LogP contribution >= 0.6 is 0 Å². The summed E-state index contributed by atoms with van der Waals surface area (Å²) in [5.41, 5.74) is 1.08. The maximum atomic E-state index is 11.5. The number of ether oxygens (including phenoxy) is 2. The smallest absolute Gasteiger partial charge is 0.257 e. The van der Waals surface area contributed by atoms with Crippen molar-refractivity contribution in [3.8, 4) is 17.6 Å². The third-order valence-corrected chi connectivity index (χ3v) is 2.72. The molecule has 0 aromatic heterocycles. The molecule has 0 radical (unpaired) electrons. The Hall–Kier alpha value is -2.26. The second kappa shape index (κ2) is 9.61. The molecule has 2 N–H and O–H groups in total. The van der Waals surface area contributed by atoms with Crippen LogP contribution in [0.15, 0.2) is 18.2 Å². The number of hydrogen-bond donors (Lipinski definition) is 2. The molecule has 0 aliphatic heterocycles. The van der Waals surface area contributed by atoms with E-state index >= 15 is 0 Å². The Kier molecular flexibility index (Phi) is 7.69. The zero-order valence-corrected chi connectivity index (χ0v) is 12.4. The highest BCUT2D eigenvalue weighted by atomic mass is 16.5. The molecule has 0 aliphatic carbocycles. The van der Waals surface area contributed by atoms with Crippen molar-refractivity contribution >= 4 is 5.91 Å². The molecule has 1 amide bonds. The van der Waals surface area contributed by atoms with E-state index in [0.717, 1.165) is 18.7 Å². The predicted octanol–water partition coefficient (Wildman–Crippen LogP) is 1.21. The van der Waals surface area contributed by atoms with E-state index in [1.165, 1.54) is 0 Å². The maximum absolute atomic E-state index is 11.5. The summed E-state index contributed by atoms with van der Waals surface area (Å²) in [5.74, 6) is 0.854. The average molecular weight is 291 g/mol. The number of carbonyl (C=O) groups is 1. The first kappa shape index (κ1) is 16.8. The Labute approximate surface area is 125 Å². The van der Waals surface area contributed by atoms with Crippen LogP contribution in [0.5, 0.6) is 11.5 Å². The van der Waals surface area contributed by atoms with E-state index in [2.05, 4.69) is 10.6 Å². The van der Waals surface area contributed by atoms with Gasteiger partial charge >= 0.3 is 0 Å². The average Bonchev–Trinajstić information content (AvgIpc) is 2.51. The van der Waals surface area contributed by atoms with Gasteiger partial charge in [-0.05, 0) is 24.2 Å². The molecule has 0 bridgehead atoms. The Morgan fingerprint density at radius 1 is 1.38 bits per heavy atom. The third kappa shape index (κ3) is 6.15. The lowest BCUT2D eigenvalue weighted by Gasteiger charge is -2.12. The summed E-state index contributed by atoms with van der Waals surface area (Å²) >= 11 is 0. The molecule has 0 saturated heterocycles. The summed E-state index contributed by atoms with van der Waals surface area (Å²) in [4.78, 5) is 11.5. The molecule has 114 valence electrons. The molecule has 6 nitrogen and oxygen atoms in total. The van der Waals surface area contributed by atoms with Gasteiger partial charge in [0.05, 0.1) is 19.6 Å². The fraction of sp³-hybridized carbons (Fsp3) is 0.467. The lowest BCUT2D eigenvalue weighted by atomic mass is 10.2. The highest BCUT2D eigenvalue weighted by Gasteiger charge is 2.08. The number of rotatable bonds is 9. The van der Waals surface area contributed by atoms with Crippen LogP contribution in [-0.2, 0) is 11.3 Å². The van der Waals surface area contributed by atoms with E-state index in [1.807, 2.05) is 25.1 Å². The molecule has 0 heterocycles. The minimum Gasteiger partial charge on any atom is -0.493 e. The van der Waals surface area contributed by atoms with Gasteiger partial charge in [-0.25, -0.2) is 0 Å². The van der Waals surface area contributed by atoms with Crippen LogP contribution in [0.1, 0.15) is 18.9 Å². The number of benzene rings is 1. The van der Waals surface area contributed by atoms with E-state index in [0.29, 0.717) is 18.0 Å². The Balaban J connectivity index is 2.54. The van der Waals surface area contributed by atoms with Crippen molar-refractivity contribution in [2.24, 2.45) is 0 Å². The van der Waals surface area contributed by atoms with Crippen LogP contribution < -0.4 is 20.1 Å². The fourth-order valence-electron chi connectivity index (χ4n) is 1.66. The molecule has 1 aromatic carbocycles. The monoisotopic (exact) mass is 291 g/mol. The van der Waals surface area contributed by atoms with Gasteiger partial charge in [0.2, 0.25) is 0 Å². The lowest BCUT2D eigenvalue weighted by molar-refractivity contribution is -0.123. The first-order valence-electron chi connectivity index (χ1n) is 6.85. The highest BCUT2D eigenvalue weighted by Crippen LogP contribution is 2.27.